The molecule has 86 valence electrons. The Labute approximate surface area is 94.3 Å². The zero-order valence-corrected chi connectivity index (χ0v) is 9.24. The normalized spacial score (nSPS) is 14.6. The quantitative estimate of drug-likeness (QED) is 0.843. The smallest absolute Gasteiger partial charge is 0.241 e. The molecule has 0 aliphatic heterocycles. The highest BCUT2D eigenvalue weighted by Crippen LogP contribution is 2.25. The molecule has 4 heteroatoms. The molecule has 3 nitrogen and oxygen atoms in total. The molecule has 0 saturated heterocycles. The lowest BCUT2D eigenvalue weighted by atomic mass is 10.3. The predicted octanol–water partition coefficient (Wildman–Crippen LogP) is 1.86. The summed E-state index contributed by atoms with van der Waals surface area (Å²) in [6, 6.07) is 6.43. The molecule has 16 heavy (non-hydrogen) atoms. The van der Waals surface area contributed by atoms with E-state index >= 15 is 0 Å². The number of rotatable bonds is 4. The SMILES string of the molecule is CN(C(=O)CNc1ccc(F)cc1)C1CC1. The maximum absolute atomic E-state index is 12.6. The van der Waals surface area contributed by atoms with Crippen LogP contribution in [-0.4, -0.2) is 30.4 Å². The summed E-state index contributed by atoms with van der Waals surface area (Å²) in [5.74, 6) is -0.196. The predicted molar refractivity (Wildman–Crippen MR) is 60.7 cm³/mol. The van der Waals surface area contributed by atoms with Gasteiger partial charge < -0.3 is 10.2 Å². The molecule has 1 aromatic carbocycles. The Morgan fingerprint density at radius 1 is 1.44 bits per heavy atom. The van der Waals surface area contributed by atoms with Crippen LogP contribution in [0.4, 0.5) is 10.1 Å². The van der Waals surface area contributed by atoms with Gasteiger partial charge in [0.25, 0.3) is 0 Å². The number of carbonyl (C=O) groups excluding carboxylic acids is 1. The van der Waals surface area contributed by atoms with E-state index in [2.05, 4.69) is 5.32 Å². The van der Waals surface area contributed by atoms with E-state index in [-0.39, 0.29) is 18.3 Å². The van der Waals surface area contributed by atoms with Crippen LogP contribution >= 0.6 is 0 Å². The lowest BCUT2D eigenvalue weighted by molar-refractivity contribution is -0.128. The molecular weight excluding hydrogens is 207 g/mol. The van der Waals surface area contributed by atoms with Crippen molar-refractivity contribution in [3.8, 4) is 0 Å². The fourth-order valence-electron chi connectivity index (χ4n) is 1.54. The molecule has 0 heterocycles. The number of benzene rings is 1. The number of likely N-dealkylation sites (N-methyl/N-ethyl adjacent to an activating group) is 1. The third kappa shape index (κ3) is 2.72. The van der Waals surface area contributed by atoms with Gasteiger partial charge in [-0.3, -0.25) is 4.79 Å². The van der Waals surface area contributed by atoms with Gasteiger partial charge in [0.1, 0.15) is 5.82 Å². The first-order valence-electron chi connectivity index (χ1n) is 5.42. The molecule has 1 aliphatic rings. The van der Waals surface area contributed by atoms with Crippen LogP contribution in [-0.2, 0) is 4.79 Å². The minimum absolute atomic E-state index is 0.0758. The van der Waals surface area contributed by atoms with Crippen molar-refractivity contribution >= 4 is 11.6 Å². The van der Waals surface area contributed by atoms with Crippen LogP contribution < -0.4 is 5.32 Å². The molecule has 0 radical (unpaired) electrons. The molecule has 0 bridgehead atoms. The molecule has 1 N–H and O–H groups in total. The molecule has 1 aliphatic carbocycles. The number of amides is 1. The van der Waals surface area contributed by atoms with Crippen molar-refractivity contribution < 1.29 is 9.18 Å². The fraction of sp³-hybridized carbons (Fsp3) is 0.417. The molecule has 0 spiro atoms. The van der Waals surface area contributed by atoms with Crippen molar-refractivity contribution in [3.63, 3.8) is 0 Å². The molecule has 1 fully saturated rings. The number of hydrogen-bond donors (Lipinski definition) is 1. The van der Waals surface area contributed by atoms with Crippen molar-refractivity contribution in [2.45, 2.75) is 18.9 Å². The van der Waals surface area contributed by atoms with Gasteiger partial charge in [0.05, 0.1) is 6.54 Å². The van der Waals surface area contributed by atoms with E-state index in [1.54, 1.807) is 17.0 Å². The molecule has 0 atom stereocenters. The van der Waals surface area contributed by atoms with Crippen LogP contribution in [0.3, 0.4) is 0 Å². The van der Waals surface area contributed by atoms with Crippen molar-refractivity contribution in [2.75, 3.05) is 18.9 Å². The summed E-state index contributed by atoms with van der Waals surface area (Å²) in [6.07, 6.45) is 2.22. The Kier molecular flexibility index (Phi) is 3.08. The Hall–Kier alpha value is -1.58. The number of carbonyl (C=O) groups is 1. The van der Waals surface area contributed by atoms with Crippen LogP contribution in [0, 0.1) is 5.82 Å². The second-order valence-corrected chi connectivity index (χ2v) is 4.10. The van der Waals surface area contributed by atoms with Crippen molar-refractivity contribution in [1.82, 2.24) is 4.90 Å². The summed E-state index contributed by atoms with van der Waals surface area (Å²) in [4.78, 5) is 13.4. The first-order chi connectivity index (χ1) is 7.66. The van der Waals surface area contributed by atoms with Gasteiger partial charge in [0.15, 0.2) is 0 Å². The summed E-state index contributed by atoms with van der Waals surface area (Å²) in [5, 5.41) is 2.98. The van der Waals surface area contributed by atoms with E-state index in [9.17, 15) is 9.18 Å². The van der Waals surface area contributed by atoms with Crippen molar-refractivity contribution in [2.24, 2.45) is 0 Å². The van der Waals surface area contributed by atoms with E-state index in [1.807, 2.05) is 7.05 Å². The topological polar surface area (TPSA) is 32.3 Å². The van der Waals surface area contributed by atoms with Crippen molar-refractivity contribution in [3.05, 3.63) is 30.1 Å². The van der Waals surface area contributed by atoms with E-state index in [0.717, 1.165) is 18.5 Å². The summed E-state index contributed by atoms with van der Waals surface area (Å²) in [7, 11) is 1.83. The number of hydrogen-bond acceptors (Lipinski definition) is 2. The highest BCUT2D eigenvalue weighted by Gasteiger charge is 2.29. The summed E-state index contributed by atoms with van der Waals surface area (Å²) in [6.45, 7) is 0.263. The Bertz CT molecular complexity index is 373. The van der Waals surface area contributed by atoms with Gasteiger partial charge in [0.2, 0.25) is 5.91 Å². The zero-order valence-electron chi connectivity index (χ0n) is 9.24. The fourth-order valence-corrected chi connectivity index (χ4v) is 1.54. The van der Waals surface area contributed by atoms with Crippen LogP contribution in [0.1, 0.15) is 12.8 Å². The lowest BCUT2D eigenvalue weighted by Crippen LogP contribution is -2.33. The maximum atomic E-state index is 12.6. The Balaban J connectivity index is 1.82. The largest absolute Gasteiger partial charge is 0.376 e. The van der Waals surface area contributed by atoms with Gasteiger partial charge in [0, 0.05) is 18.8 Å². The Morgan fingerprint density at radius 2 is 2.06 bits per heavy atom. The van der Waals surface area contributed by atoms with Gasteiger partial charge in [-0.05, 0) is 37.1 Å². The second kappa shape index (κ2) is 4.51. The summed E-state index contributed by atoms with van der Waals surface area (Å²) < 4.78 is 12.6. The van der Waals surface area contributed by atoms with Gasteiger partial charge >= 0.3 is 0 Å². The monoisotopic (exact) mass is 222 g/mol. The van der Waals surface area contributed by atoms with Crippen LogP contribution in [0.2, 0.25) is 0 Å². The highest BCUT2D eigenvalue weighted by molar-refractivity contribution is 5.81. The second-order valence-electron chi connectivity index (χ2n) is 4.10. The maximum Gasteiger partial charge on any atom is 0.241 e. The van der Waals surface area contributed by atoms with Crippen LogP contribution in [0.25, 0.3) is 0 Å². The zero-order chi connectivity index (χ0) is 11.5. The number of nitrogens with zero attached hydrogens (tertiary/aromatic N) is 1. The van der Waals surface area contributed by atoms with Gasteiger partial charge in [-0.25, -0.2) is 4.39 Å². The highest BCUT2D eigenvalue weighted by atomic mass is 19.1. The van der Waals surface area contributed by atoms with Crippen LogP contribution in [0.5, 0.6) is 0 Å². The van der Waals surface area contributed by atoms with Gasteiger partial charge in [-0.15, -0.1) is 0 Å². The minimum atomic E-state index is -0.271. The number of nitrogens with one attached hydrogen (secondary N) is 1. The van der Waals surface area contributed by atoms with E-state index < -0.39 is 0 Å². The number of anilines is 1. The van der Waals surface area contributed by atoms with Gasteiger partial charge in [-0.2, -0.15) is 0 Å². The van der Waals surface area contributed by atoms with Crippen molar-refractivity contribution in [1.29, 1.82) is 0 Å². The first-order valence-corrected chi connectivity index (χ1v) is 5.42. The number of halogens is 1. The van der Waals surface area contributed by atoms with Gasteiger partial charge in [-0.1, -0.05) is 0 Å². The first kappa shape index (κ1) is 10.9. The average molecular weight is 222 g/mol. The molecule has 0 unspecified atom stereocenters. The minimum Gasteiger partial charge on any atom is -0.376 e. The standard InChI is InChI=1S/C12H15FN2O/c1-15(11-6-7-11)12(16)8-14-10-4-2-9(13)3-5-10/h2-5,11,14H,6-8H2,1H3. The summed E-state index contributed by atoms with van der Waals surface area (Å²) in [5.41, 5.74) is 0.763. The summed E-state index contributed by atoms with van der Waals surface area (Å²) >= 11 is 0. The lowest BCUT2D eigenvalue weighted by Gasteiger charge is -2.16. The third-order valence-corrected chi connectivity index (χ3v) is 2.78. The van der Waals surface area contributed by atoms with E-state index in [0.29, 0.717) is 6.04 Å². The van der Waals surface area contributed by atoms with E-state index in [4.69, 9.17) is 0 Å². The third-order valence-electron chi connectivity index (χ3n) is 2.78. The Morgan fingerprint density at radius 3 is 2.62 bits per heavy atom. The van der Waals surface area contributed by atoms with Crippen LogP contribution in [0.15, 0.2) is 24.3 Å². The molecule has 1 saturated carbocycles. The average Bonchev–Trinajstić information content (AvgIpc) is 3.11. The molecule has 0 aromatic heterocycles. The molecule has 1 amide bonds. The van der Waals surface area contributed by atoms with E-state index in [1.165, 1.54) is 12.1 Å². The molecule has 1 aromatic rings. The molecular formula is C12H15FN2O. The molecule has 2 rings (SSSR count).